The first-order chi connectivity index (χ1) is 12.4. The molecule has 0 spiro atoms. The quantitative estimate of drug-likeness (QED) is 0.810. The highest BCUT2D eigenvalue weighted by molar-refractivity contribution is 7.11. The van der Waals surface area contributed by atoms with Crippen molar-refractivity contribution in [2.24, 2.45) is 0 Å². The molecule has 2 N–H and O–H groups in total. The van der Waals surface area contributed by atoms with Crippen molar-refractivity contribution < 1.29 is 18.7 Å². The molecule has 0 bridgehead atoms. The number of aliphatic hydroxyl groups is 1. The lowest BCUT2D eigenvalue weighted by atomic mass is 9.91. The molecule has 1 fully saturated rings. The SMILES string of the molecule is Cc1ccc(CNC[C@@]2(O)CCCN(Cc3cccc(F)c3F)C2=O)s1. The average Bonchev–Trinajstić information content (AvgIpc) is 3.01. The highest BCUT2D eigenvalue weighted by atomic mass is 32.1. The maximum absolute atomic E-state index is 13.9. The number of likely N-dealkylation sites (tertiary alicyclic amines) is 1. The van der Waals surface area contributed by atoms with Crippen LogP contribution in [0.3, 0.4) is 0 Å². The maximum Gasteiger partial charge on any atom is 0.256 e. The molecule has 3 rings (SSSR count). The summed E-state index contributed by atoms with van der Waals surface area (Å²) in [6.07, 6.45) is 0.962. The van der Waals surface area contributed by atoms with Gasteiger partial charge in [0.15, 0.2) is 17.2 Å². The minimum absolute atomic E-state index is 0.0468. The van der Waals surface area contributed by atoms with Crippen molar-refractivity contribution in [3.05, 3.63) is 57.3 Å². The van der Waals surface area contributed by atoms with Crippen molar-refractivity contribution in [3.8, 4) is 0 Å². The standard InChI is InChI=1S/C19H22F2N2O2S/c1-13-6-7-15(26-13)10-22-12-19(25)8-3-9-23(18(19)24)11-14-4-2-5-16(20)17(14)21/h2,4-7,22,25H,3,8-12H2,1H3/t19-/m0/s1. The Morgan fingerprint density at radius 1 is 1.31 bits per heavy atom. The first-order valence-corrected chi connectivity index (χ1v) is 9.41. The molecule has 26 heavy (non-hydrogen) atoms. The van der Waals surface area contributed by atoms with Crippen molar-refractivity contribution in [1.29, 1.82) is 0 Å². The number of piperidine rings is 1. The normalized spacial score (nSPS) is 20.6. The molecule has 1 atom stereocenters. The molecule has 1 aromatic carbocycles. The average molecular weight is 380 g/mol. The van der Waals surface area contributed by atoms with Crippen LogP contribution in [0.15, 0.2) is 30.3 Å². The van der Waals surface area contributed by atoms with Crippen LogP contribution in [0.25, 0.3) is 0 Å². The number of thiophene rings is 1. The van der Waals surface area contributed by atoms with Crippen LogP contribution >= 0.6 is 11.3 Å². The van der Waals surface area contributed by atoms with Gasteiger partial charge >= 0.3 is 0 Å². The van der Waals surface area contributed by atoms with Gasteiger partial charge in [-0.25, -0.2) is 8.78 Å². The van der Waals surface area contributed by atoms with Crippen LogP contribution in [0.5, 0.6) is 0 Å². The zero-order chi connectivity index (χ0) is 18.7. The van der Waals surface area contributed by atoms with E-state index < -0.39 is 23.1 Å². The van der Waals surface area contributed by atoms with Crippen LogP contribution < -0.4 is 5.32 Å². The molecule has 0 saturated carbocycles. The summed E-state index contributed by atoms with van der Waals surface area (Å²) < 4.78 is 27.3. The van der Waals surface area contributed by atoms with E-state index in [1.165, 1.54) is 21.9 Å². The van der Waals surface area contributed by atoms with Gasteiger partial charge in [-0.05, 0) is 38.0 Å². The van der Waals surface area contributed by atoms with Gasteiger partial charge in [0.1, 0.15) is 0 Å². The second-order valence-electron chi connectivity index (χ2n) is 6.69. The molecule has 140 valence electrons. The summed E-state index contributed by atoms with van der Waals surface area (Å²) in [6.45, 7) is 3.10. The Morgan fingerprint density at radius 3 is 2.85 bits per heavy atom. The van der Waals surface area contributed by atoms with E-state index in [-0.39, 0.29) is 18.7 Å². The Labute approximate surface area is 155 Å². The number of benzene rings is 1. The lowest BCUT2D eigenvalue weighted by Crippen LogP contribution is -2.57. The number of carbonyl (C=O) groups is 1. The smallest absolute Gasteiger partial charge is 0.256 e. The van der Waals surface area contributed by atoms with Crippen LogP contribution in [-0.2, 0) is 17.9 Å². The first kappa shape index (κ1) is 18.9. The number of hydrogen-bond donors (Lipinski definition) is 2. The number of amides is 1. The number of hydrogen-bond acceptors (Lipinski definition) is 4. The van der Waals surface area contributed by atoms with Crippen LogP contribution in [0.1, 0.15) is 28.2 Å². The highest BCUT2D eigenvalue weighted by Gasteiger charge is 2.41. The third-order valence-electron chi connectivity index (χ3n) is 4.61. The summed E-state index contributed by atoms with van der Waals surface area (Å²) in [6, 6.07) is 7.95. The maximum atomic E-state index is 13.9. The summed E-state index contributed by atoms with van der Waals surface area (Å²) in [4.78, 5) is 16.5. The summed E-state index contributed by atoms with van der Waals surface area (Å²) in [5.41, 5.74) is -1.40. The lowest BCUT2D eigenvalue weighted by molar-refractivity contribution is -0.157. The van der Waals surface area contributed by atoms with Gasteiger partial charge in [0, 0.05) is 41.5 Å². The van der Waals surface area contributed by atoms with Crippen molar-refractivity contribution in [3.63, 3.8) is 0 Å². The summed E-state index contributed by atoms with van der Waals surface area (Å²) in [5.74, 6) is -2.32. The number of nitrogens with zero attached hydrogens (tertiary/aromatic N) is 1. The molecule has 0 radical (unpaired) electrons. The van der Waals surface area contributed by atoms with E-state index in [1.54, 1.807) is 11.3 Å². The van der Waals surface area contributed by atoms with Gasteiger partial charge < -0.3 is 15.3 Å². The fourth-order valence-electron chi connectivity index (χ4n) is 3.23. The molecule has 2 heterocycles. The van der Waals surface area contributed by atoms with Gasteiger partial charge in [-0.3, -0.25) is 4.79 Å². The molecule has 1 aromatic heterocycles. The van der Waals surface area contributed by atoms with Crippen molar-refractivity contribution in [1.82, 2.24) is 10.2 Å². The van der Waals surface area contributed by atoms with Gasteiger partial charge in [-0.2, -0.15) is 0 Å². The third kappa shape index (κ3) is 4.11. The number of carbonyl (C=O) groups excluding carboxylic acids is 1. The predicted octanol–water partition coefficient (Wildman–Crippen LogP) is 2.98. The highest BCUT2D eigenvalue weighted by Crippen LogP contribution is 2.25. The number of aryl methyl sites for hydroxylation is 1. The van der Waals surface area contributed by atoms with Crippen molar-refractivity contribution >= 4 is 17.2 Å². The molecule has 1 aliphatic rings. The molecule has 4 nitrogen and oxygen atoms in total. The second-order valence-corrected chi connectivity index (χ2v) is 8.06. The van der Waals surface area contributed by atoms with E-state index in [2.05, 4.69) is 5.32 Å². The van der Waals surface area contributed by atoms with Gasteiger partial charge in [0.2, 0.25) is 0 Å². The van der Waals surface area contributed by atoms with Crippen LogP contribution in [-0.4, -0.2) is 34.6 Å². The van der Waals surface area contributed by atoms with Gasteiger partial charge in [-0.15, -0.1) is 11.3 Å². The van der Waals surface area contributed by atoms with E-state index in [0.29, 0.717) is 25.9 Å². The van der Waals surface area contributed by atoms with E-state index >= 15 is 0 Å². The summed E-state index contributed by atoms with van der Waals surface area (Å²) in [7, 11) is 0. The minimum Gasteiger partial charge on any atom is -0.379 e. The van der Waals surface area contributed by atoms with Gasteiger partial charge in [-0.1, -0.05) is 12.1 Å². The molecule has 1 amide bonds. The van der Waals surface area contributed by atoms with E-state index in [0.717, 1.165) is 10.9 Å². The zero-order valence-corrected chi connectivity index (χ0v) is 15.4. The summed E-state index contributed by atoms with van der Waals surface area (Å²) >= 11 is 1.66. The van der Waals surface area contributed by atoms with E-state index in [9.17, 15) is 18.7 Å². The van der Waals surface area contributed by atoms with Crippen LogP contribution in [0.2, 0.25) is 0 Å². The van der Waals surface area contributed by atoms with E-state index in [1.807, 2.05) is 19.1 Å². The monoisotopic (exact) mass is 380 g/mol. The molecule has 0 unspecified atom stereocenters. The molecular formula is C19H22F2N2O2S. The summed E-state index contributed by atoms with van der Waals surface area (Å²) in [5, 5.41) is 13.9. The minimum atomic E-state index is -1.52. The number of halogens is 2. The Hall–Kier alpha value is -1.83. The molecule has 1 aliphatic heterocycles. The third-order valence-corrected chi connectivity index (χ3v) is 5.61. The Kier molecular flexibility index (Phi) is 5.70. The zero-order valence-electron chi connectivity index (χ0n) is 14.6. The largest absolute Gasteiger partial charge is 0.379 e. The van der Waals surface area contributed by atoms with E-state index in [4.69, 9.17) is 0 Å². The second kappa shape index (κ2) is 7.82. The lowest BCUT2D eigenvalue weighted by Gasteiger charge is -2.38. The van der Waals surface area contributed by atoms with Crippen molar-refractivity contribution in [2.45, 2.75) is 38.5 Å². The Bertz CT molecular complexity index is 796. The van der Waals surface area contributed by atoms with Crippen molar-refractivity contribution in [2.75, 3.05) is 13.1 Å². The molecular weight excluding hydrogens is 358 g/mol. The number of rotatable bonds is 6. The first-order valence-electron chi connectivity index (χ1n) is 8.60. The van der Waals surface area contributed by atoms with Crippen LogP contribution in [0.4, 0.5) is 8.78 Å². The predicted molar refractivity (Wildman–Crippen MR) is 96.7 cm³/mol. The molecule has 2 aromatic rings. The molecule has 1 saturated heterocycles. The fourth-order valence-corrected chi connectivity index (χ4v) is 4.09. The van der Waals surface area contributed by atoms with Gasteiger partial charge in [0.25, 0.3) is 5.91 Å². The topological polar surface area (TPSA) is 52.6 Å². The molecule has 7 heteroatoms. The van der Waals surface area contributed by atoms with Gasteiger partial charge in [0.05, 0.1) is 0 Å². The molecule has 0 aliphatic carbocycles. The fraction of sp³-hybridized carbons (Fsp3) is 0.421. The van der Waals surface area contributed by atoms with Crippen LogP contribution in [0, 0.1) is 18.6 Å². The Morgan fingerprint density at radius 2 is 2.12 bits per heavy atom. The number of nitrogens with one attached hydrogen (secondary N) is 1. The Balaban J connectivity index is 1.63.